The lowest BCUT2D eigenvalue weighted by atomic mass is 10.4. The average Bonchev–Trinajstić information content (AvgIpc) is 2.59. The Morgan fingerprint density at radius 1 is 1.41 bits per heavy atom. The molecule has 0 unspecified atom stereocenters. The Balaban J connectivity index is 2.38. The van der Waals surface area contributed by atoms with E-state index in [4.69, 9.17) is 5.73 Å². The second kappa shape index (κ2) is 4.75. The average molecular weight is 249 g/mol. The van der Waals surface area contributed by atoms with E-state index >= 15 is 0 Å². The molecule has 0 radical (unpaired) electrons. The molecule has 5 nitrogen and oxygen atoms in total. The molecule has 0 aliphatic rings. The molecule has 0 amide bonds. The van der Waals surface area contributed by atoms with E-state index in [-0.39, 0.29) is 6.04 Å². The molecule has 0 saturated heterocycles. The molecule has 2 rings (SSSR count). The van der Waals surface area contributed by atoms with Crippen molar-refractivity contribution in [1.29, 1.82) is 0 Å². The summed E-state index contributed by atoms with van der Waals surface area (Å²) in [5.74, 6) is 0. The number of anilines is 1. The first kappa shape index (κ1) is 11.9. The van der Waals surface area contributed by atoms with Crippen molar-refractivity contribution in [2.75, 3.05) is 5.73 Å². The Bertz CT molecular complexity index is 506. The Morgan fingerprint density at radius 2 is 2.18 bits per heavy atom. The molecule has 0 bridgehead atoms. The van der Waals surface area contributed by atoms with Gasteiger partial charge < -0.3 is 5.73 Å². The topological polar surface area (TPSA) is 69.6 Å². The Morgan fingerprint density at radius 3 is 2.76 bits per heavy atom. The third-order valence-electron chi connectivity index (χ3n) is 2.33. The minimum absolute atomic E-state index is 0.273. The molecule has 90 valence electrons. The maximum Gasteiger partial charge on any atom is 0.124 e. The molecule has 0 spiro atoms. The van der Waals surface area contributed by atoms with Crippen molar-refractivity contribution in [2.24, 2.45) is 0 Å². The molecule has 0 aromatic carbocycles. The molecule has 2 aromatic rings. The zero-order valence-corrected chi connectivity index (χ0v) is 10.9. The predicted octanol–water partition coefficient (Wildman–Crippen LogP) is 2.30. The number of aryl methyl sites for hydroxylation is 1. The van der Waals surface area contributed by atoms with Gasteiger partial charge in [-0.1, -0.05) is 0 Å². The van der Waals surface area contributed by atoms with E-state index in [1.807, 2.05) is 17.7 Å². The van der Waals surface area contributed by atoms with E-state index in [1.54, 1.807) is 6.20 Å². The third-order valence-corrected chi connectivity index (χ3v) is 3.38. The van der Waals surface area contributed by atoms with E-state index in [1.165, 1.54) is 18.1 Å². The van der Waals surface area contributed by atoms with Gasteiger partial charge in [0.25, 0.3) is 0 Å². The molecule has 2 aromatic heterocycles. The van der Waals surface area contributed by atoms with Crippen LogP contribution in [0.15, 0.2) is 28.6 Å². The minimum Gasteiger partial charge on any atom is -0.395 e. The van der Waals surface area contributed by atoms with Crippen LogP contribution in [-0.2, 0) is 0 Å². The summed E-state index contributed by atoms with van der Waals surface area (Å²) in [6.07, 6.45) is 3.25. The van der Waals surface area contributed by atoms with Crippen LogP contribution in [0.1, 0.15) is 25.6 Å². The van der Waals surface area contributed by atoms with Crippen molar-refractivity contribution in [1.82, 2.24) is 19.7 Å². The van der Waals surface area contributed by atoms with Crippen LogP contribution in [0.25, 0.3) is 0 Å². The summed E-state index contributed by atoms with van der Waals surface area (Å²) in [5.41, 5.74) is 7.62. The molecule has 0 saturated carbocycles. The lowest BCUT2D eigenvalue weighted by Crippen LogP contribution is -2.04. The molecule has 0 atom stereocenters. The molecule has 17 heavy (non-hydrogen) atoms. The number of hydrogen-bond donors (Lipinski definition) is 1. The maximum atomic E-state index is 6.04. The van der Waals surface area contributed by atoms with Gasteiger partial charge in [-0.15, -0.1) is 0 Å². The number of aromatic nitrogens is 4. The van der Waals surface area contributed by atoms with E-state index in [0.717, 1.165) is 21.4 Å². The van der Waals surface area contributed by atoms with Crippen LogP contribution in [0.4, 0.5) is 5.69 Å². The molecule has 2 N–H and O–H groups in total. The summed E-state index contributed by atoms with van der Waals surface area (Å²) < 4.78 is 1.93. The fraction of sp³-hybridized carbons (Fsp3) is 0.364. The van der Waals surface area contributed by atoms with Crippen LogP contribution >= 0.6 is 11.8 Å². The first-order valence-electron chi connectivity index (χ1n) is 5.38. The molecule has 6 heteroatoms. The number of rotatable bonds is 3. The highest BCUT2D eigenvalue weighted by Gasteiger charge is 2.16. The van der Waals surface area contributed by atoms with Crippen LogP contribution < -0.4 is 5.73 Å². The molecule has 0 aliphatic heterocycles. The van der Waals surface area contributed by atoms with Crippen LogP contribution in [0.2, 0.25) is 0 Å². The Labute approximate surface area is 104 Å². The van der Waals surface area contributed by atoms with Gasteiger partial charge in [-0.25, -0.2) is 9.97 Å². The van der Waals surface area contributed by atoms with Gasteiger partial charge in [0.2, 0.25) is 0 Å². The fourth-order valence-electron chi connectivity index (χ4n) is 1.43. The standard InChI is InChI=1S/C11H15N5S/c1-7(2)16-11(10(12)8(3)15-16)17-9-4-5-13-6-14-9/h4-7H,12H2,1-3H3. The summed E-state index contributed by atoms with van der Waals surface area (Å²) in [4.78, 5) is 8.07. The number of nitrogens with zero attached hydrogens (tertiary/aromatic N) is 4. The number of nitrogen functional groups attached to an aromatic ring is 1. The van der Waals surface area contributed by atoms with E-state index in [2.05, 4.69) is 28.9 Å². The molecular formula is C11H15N5S. The van der Waals surface area contributed by atoms with Crippen LogP contribution in [0.5, 0.6) is 0 Å². The van der Waals surface area contributed by atoms with Gasteiger partial charge in [-0.05, 0) is 38.6 Å². The predicted molar refractivity (Wildman–Crippen MR) is 67.9 cm³/mol. The van der Waals surface area contributed by atoms with Crippen molar-refractivity contribution < 1.29 is 0 Å². The fourth-order valence-corrected chi connectivity index (χ4v) is 2.46. The Hall–Kier alpha value is -1.56. The van der Waals surface area contributed by atoms with Gasteiger partial charge in [0.15, 0.2) is 0 Å². The zero-order valence-electron chi connectivity index (χ0n) is 10.1. The second-order valence-electron chi connectivity index (χ2n) is 3.99. The second-order valence-corrected chi connectivity index (χ2v) is 5.00. The number of hydrogen-bond acceptors (Lipinski definition) is 5. The quantitative estimate of drug-likeness (QED) is 0.845. The highest BCUT2D eigenvalue weighted by atomic mass is 32.2. The van der Waals surface area contributed by atoms with Crippen LogP contribution in [0.3, 0.4) is 0 Å². The molecular weight excluding hydrogens is 234 g/mol. The van der Waals surface area contributed by atoms with Crippen molar-refractivity contribution in [3.63, 3.8) is 0 Å². The van der Waals surface area contributed by atoms with Gasteiger partial charge in [-0.3, -0.25) is 4.68 Å². The van der Waals surface area contributed by atoms with E-state index in [9.17, 15) is 0 Å². The van der Waals surface area contributed by atoms with Crippen LogP contribution in [0, 0.1) is 6.92 Å². The lowest BCUT2D eigenvalue weighted by Gasteiger charge is -2.10. The van der Waals surface area contributed by atoms with Gasteiger partial charge in [0.05, 0.1) is 11.4 Å². The highest BCUT2D eigenvalue weighted by Crippen LogP contribution is 2.33. The van der Waals surface area contributed by atoms with Gasteiger partial charge in [0.1, 0.15) is 16.4 Å². The van der Waals surface area contributed by atoms with Gasteiger partial charge in [0, 0.05) is 12.2 Å². The molecule has 0 aliphatic carbocycles. The monoisotopic (exact) mass is 249 g/mol. The molecule has 0 fully saturated rings. The van der Waals surface area contributed by atoms with E-state index < -0.39 is 0 Å². The summed E-state index contributed by atoms with van der Waals surface area (Å²) in [6, 6.07) is 2.13. The summed E-state index contributed by atoms with van der Waals surface area (Å²) >= 11 is 1.51. The minimum atomic E-state index is 0.273. The SMILES string of the molecule is Cc1nn(C(C)C)c(Sc2ccncn2)c1N. The summed E-state index contributed by atoms with van der Waals surface area (Å²) in [5, 5.41) is 6.24. The third kappa shape index (κ3) is 2.41. The van der Waals surface area contributed by atoms with E-state index in [0.29, 0.717) is 0 Å². The van der Waals surface area contributed by atoms with Gasteiger partial charge in [-0.2, -0.15) is 5.10 Å². The maximum absolute atomic E-state index is 6.04. The lowest BCUT2D eigenvalue weighted by molar-refractivity contribution is 0.491. The van der Waals surface area contributed by atoms with Crippen LogP contribution in [-0.4, -0.2) is 19.7 Å². The zero-order chi connectivity index (χ0) is 12.4. The summed E-state index contributed by atoms with van der Waals surface area (Å²) in [7, 11) is 0. The smallest absolute Gasteiger partial charge is 0.124 e. The Kier molecular flexibility index (Phi) is 3.33. The molecule has 2 heterocycles. The number of nitrogens with two attached hydrogens (primary N) is 1. The van der Waals surface area contributed by atoms with Gasteiger partial charge >= 0.3 is 0 Å². The van der Waals surface area contributed by atoms with Crippen molar-refractivity contribution >= 4 is 17.4 Å². The first-order valence-corrected chi connectivity index (χ1v) is 6.19. The first-order chi connectivity index (χ1) is 8.09. The van der Waals surface area contributed by atoms with Crippen molar-refractivity contribution in [3.05, 3.63) is 24.3 Å². The van der Waals surface area contributed by atoms with Crippen molar-refractivity contribution in [2.45, 2.75) is 36.9 Å². The summed E-state index contributed by atoms with van der Waals surface area (Å²) in [6.45, 7) is 6.07. The largest absolute Gasteiger partial charge is 0.395 e. The van der Waals surface area contributed by atoms with Crippen molar-refractivity contribution in [3.8, 4) is 0 Å². The normalized spacial score (nSPS) is 11.1. The highest BCUT2D eigenvalue weighted by molar-refractivity contribution is 7.99.